The zero-order valence-electron chi connectivity index (χ0n) is 15.0. The molecule has 28 heavy (non-hydrogen) atoms. The normalized spacial score (nSPS) is 15.8. The van der Waals surface area contributed by atoms with Gasteiger partial charge >= 0.3 is 6.03 Å². The number of ether oxygens (including phenoxy) is 1. The average Bonchev–Trinajstić information content (AvgIpc) is 2.69. The zero-order chi connectivity index (χ0) is 19.1. The summed E-state index contributed by atoms with van der Waals surface area (Å²) in [5.41, 5.74) is 2.06. The topological polar surface area (TPSA) is 91.5 Å². The van der Waals surface area contributed by atoms with E-state index >= 15 is 0 Å². The number of carbonyl (C=O) groups excluding carboxylic acids is 2. The lowest BCUT2D eigenvalue weighted by Gasteiger charge is -2.23. The predicted molar refractivity (Wildman–Crippen MR) is 112 cm³/mol. The minimum atomic E-state index is -0.360. The third kappa shape index (κ3) is 6.38. The molecule has 1 unspecified atom stereocenters. The first-order valence-electron chi connectivity index (χ1n) is 8.62. The van der Waals surface area contributed by atoms with Gasteiger partial charge in [-0.05, 0) is 29.8 Å². The third-order valence-electron chi connectivity index (χ3n) is 4.01. The van der Waals surface area contributed by atoms with Crippen molar-refractivity contribution >= 4 is 47.3 Å². The SMILES string of the molecule is Cl.O=C(NCc1cccc(NC(=O)C2COCCN2)c1)Nc1ccccc1Cl. The number of amides is 3. The summed E-state index contributed by atoms with van der Waals surface area (Å²) in [4.78, 5) is 24.3. The molecule has 7 nitrogen and oxygen atoms in total. The van der Waals surface area contributed by atoms with E-state index in [1.165, 1.54) is 0 Å². The molecule has 3 rings (SSSR count). The van der Waals surface area contributed by atoms with E-state index in [2.05, 4.69) is 21.3 Å². The van der Waals surface area contributed by atoms with Gasteiger partial charge in [0.2, 0.25) is 5.91 Å². The van der Waals surface area contributed by atoms with Crippen LogP contribution in [0.25, 0.3) is 0 Å². The average molecular weight is 425 g/mol. The lowest BCUT2D eigenvalue weighted by molar-refractivity contribution is -0.120. The molecule has 1 fully saturated rings. The van der Waals surface area contributed by atoms with Gasteiger partial charge in [-0.1, -0.05) is 35.9 Å². The van der Waals surface area contributed by atoms with Crippen molar-refractivity contribution in [2.45, 2.75) is 12.6 Å². The van der Waals surface area contributed by atoms with Crippen molar-refractivity contribution in [1.29, 1.82) is 0 Å². The highest BCUT2D eigenvalue weighted by molar-refractivity contribution is 6.33. The molecule has 1 aliphatic heterocycles. The van der Waals surface area contributed by atoms with Crippen molar-refractivity contribution in [3.05, 3.63) is 59.1 Å². The molecule has 0 saturated carbocycles. The standard InChI is InChI=1S/C19H21ClN4O3.ClH/c20-15-6-1-2-7-16(15)24-19(26)22-11-13-4-3-5-14(10-13)23-18(25)17-12-27-9-8-21-17;/h1-7,10,17,21H,8-9,11-12H2,(H,23,25)(H2,22,24,26);1H. The fraction of sp³-hybridized carbons (Fsp3) is 0.263. The van der Waals surface area contributed by atoms with Crippen LogP contribution in [0.3, 0.4) is 0 Å². The van der Waals surface area contributed by atoms with E-state index in [1.807, 2.05) is 18.2 Å². The molecule has 4 N–H and O–H groups in total. The van der Waals surface area contributed by atoms with Crippen LogP contribution in [-0.4, -0.2) is 37.7 Å². The highest BCUT2D eigenvalue weighted by atomic mass is 35.5. The van der Waals surface area contributed by atoms with Crippen LogP contribution in [0, 0.1) is 0 Å². The molecular formula is C19H22Cl2N4O3. The summed E-state index contributed by atoms with van der Waals surface area (Å²) in [6.07, 6.45) is 0. The van der Waals surface area contributed by atoms with Crippen LogP contribution in [0.4, 0.5) is 16.2 Å². The smallest absolute Gasteiger partial charge is 0.319 e. The maximum absolute atomic E-state index is 12.2. The number of hydrogen-bond acceptors (Lipinski definition) is 4. The van der Waals surface area contributed by atoms with Gasteiger partial charge in [-0.15, -0.1) is 12.4 Å². The number of anilines is 2. The second-order valence-electron chi connectivity index (χ2n) is 6.06. The molecule has 9 heteroatoms. The van der Waals surface area contributed by atoms with Gasteiger partial charge in [0.25, 0.3) is 0 Å². The van der Waals surface area contributed by atoms with Crippen LogP contribution >= 0.6 is 24.0 Å². The lowest BCUT2D eigenvalue weighted by Crippen LogP contribution is -2.48. The van der Waals surface area contributed by atoms with Crippen molar-refractivity contribution in [2.24, 2.45) is 0 Å². The Kier molecular flexibility index (Phi) is 8.53. The summed E-state index contributed by atoms with van der Waals surface area (Å²) in [5.74, 6) is -0.142. The summed E-state index contributed by atoms with van der Waals surface area (Å²) < 4.78 is 5.30. The minimum absolute atomic E-state index is 0. The molecule has 0 aromatic heterocycles. The molecule has 1 atom stereocenters. The number of halogens is 2. The van der Waals surface area contributed by atoms with E-state index < -0.39 is 0 Å². The van der Waals surface area contributed by atoms with Gasteiger partial charge in [0.05, 0.1) is 23.9 Å². The van der Waals surface area contributed by atoms with Gasteiger partial charge in [0, 0.05) is 18.8 Å². The molecule has 150 valence electrons. The number of urea groups is 1. The van der Waals surface area contributed by atoms with E-state index in [1.54, 1.807) is 30.3 Å². The molecule has 1 saturated heterocycles. The molecule has 0 radical (unpaired) electrons. The largest absolute Gasteiger partial charge is 0.378 e. The van der Waals surface area contributed by atoms with Crippen molar-refractivity contribution in [2.75, 3.05) is 30.4 Å². The van der Waals surface area contributed by atoms with Crippen LogP contribution in [0.15, 0.2) is 48.5 Å². The van der Waals surface area contributed by atoms with Crippen molar-refractivity contribution < 1.29 is 14.3 Å². The molecule has 0 spiro atoms. The van der Waals surface area contributed by atoms with E-state index in [-0.39, 0.29) is 30.4 Å². The summed E-state index contributed by atoms with van der Waals surface area (Å²) in [6.45, 7) is 1.93. The van der Waals surface area contributed by atoms with Crippen LogP contribution < -0.4 is 21.3 Å². The second kappa shape index (κ2) is 10.9. The number of rotatable bonds is 5. The van der Waals surface area contributed by atoms with E-state index in [9.17, 15) is 9.59 Å². The first-order chi connectivity index (χ1) is 13.1. The molecule has 3 amide bonds. The Hall–Kier alpha value is -2.32. The van der Waals surface area contributed by atoms with E-state index in [0.29, 0.717) is 42.7 Å². The Bertz CT molecular complexity index is 813. The monoisotopic (exact) mass is 424 g/mol. The van der Waals surface area contributed by atoms with Crippen LogP contribution in [-0.2, 0) is 16.1 Å². The van der Waals surface area contributed by atoms with Gasteiger partial charge in [-0.25, -0.2) is 4.79 Å². The van der Waals surface area contributed by atoms with Crippen LogP contribution in [0.1, 0.15) is 5.56 Å². The van der Waals surface area contributed by atoms with Gasteiger partial charge in [0.1, 0.15) is 6.04 Å². The van der Waals surface area contributed by atoms with Gasteiger partial charge in [0.15, 0.2) is 0 Å². The van der Waals surface area contributed by atoms with Crippen molar-refractivity contribution in [1.82, 2.24) is 10.6 Å². The number of benzene rings is 2. The molecule has 1 heterocycles. The highest BCUT2D eigenvalue weighted by Gasteiger charge is 2.21. The Labute approximate surface area is 174 Å². The Balaban J connectivity index is 0.00000280. The first kappa shape index (κ1) is 22.0. The number of morpholine rings is 1. The van der Waals surface area contributed by atoms with Gasteiger partial charge in [-0.2, -0.15) is 0 Å². The number of para-hydroxylation sites is 1. The van der Waals surface area contributed by atoms with Crippen LogP contribution in [0.2, 0.25) is 5.02 Å². The Morgan fingerprint density at radius 3 is 2.71 bits per heavy atom. The van der Waals surface area contributed by atoms with E-state index in [4.69, 9.17) is 16.3 Å². The number of nitrogens with one attached hydrogen (secondary N) is 4. The summed E-state index contributed by atoms with van der Waals surface area (Å²) in [5, 5.41) is 11.9. The first-order valence-corrected chi connectivity index (χ1v) is 9.00. The minimum Gasteiger partial charge on any atom is -0.378 e. The number of hydrogen-bond donors (Lipinski definition) is 4. The quantitative estimate of drug-likeness (QED) is 0.593. The predicted octanol–water partition coefficient (Wildman–Crippen LogP) is 3.01. The fourth-order valence-corrected chi connectivity index (χ4v) is 2.82. The Morgan fingerprint density at radius 1 is 1.14 bits per heavy atom. The molecule has 1 aliphatic rings. The van der Waals surface area contributed by atoms with Crippen LogP contribution in [0.5, 0.6) is 0 Å². The molecule has 2 aromatic rings. The maximum atomic E-state index is 12.2. The third-order valence-corrected chi connectivity index (χ3v) is 4.34. The summed E-state index contributed by atoms with van der Waals surface area (Å²) >= 11 is 6.02. The molecular weight excluding hydrogens is 403 g/mol. The summed E-state index contributed by atoms with van der Waals surface area (Å²) in [7, 11) is 0. The number of carbonyl (C=O) groups is 2. The fourth-order valence-electron chi connectivity index (χ4n) is 2.63. The molecule has 0 aliphatic carbocycles. The van der Waals surface area contributed by atoms with E-state index in [0.717, 1.165) is 5.56 Å². The van der Waals surface area contributed by atoms with Gasteiger partial charge in [-0.3, -0.25) is 4.79 Å². The summed E-state index contributed by atoms with van der Waals surface area (Å²) in [6, 6.07) is 13.6. The molecule has 0 bridgehead atoms. The van der Waals surface area contributed by atoms with Crippen molar-refractivity contribution in [3.63, 3.8) is 0 Å². The maximum Gasteiger partial charge on any atom is 0.319 e. The zero-order valence-corrected chi connectivity index (χ0v) is 16.6. The second-order valence-corrected chi connectivity index (χ2v) is 6.47. The lowest BCUT2D eigenvalue weighted by atomic mass is 10.2. The van der Waals surface area contributed by atoms with Gasteiger partial charge < -0.3 is 26.0 Å². The molecule has 2 aromatic carbocycles. The highest BCUT2D eigenvalue weighted by Crippen LogP contribution is 2.20. The van der Waals surface area contributed by atoms with Crippen molar-refractivity contribution in [3.8, 4) is 0 Å². The Morgan fingerprint density at radius 2 is 1.96 bits per heavy atom.